The standard InChI is InChI=1S/C23H33N3O3.ClH/c1-16-7-3-6-10-21(16)29-17(2)22(27)25-11-13-26(14-12-25)23(28)20-15-18-8-4-5-9-19(18)24-20;/h3,6-7,10,17-20,24H,4-5,8-9,11-15H2,1-2H3;1H. The first kappa shape index (κ1) is 22.9. The SMILES string of the molecule is Cc1ccccc1OC(C)C(=O)N1CCN(C(=O)C2CC3CCCCC3N2)CC1.Cl. The van der Waals surface area contributed by atoms with Crippen molar-refractivity contribution in [2.45, 2.75) is 64.1 Å². The topological polar surface area (TPSA) is 61.9 Å². The molecule has 1 aromatic carbocycles. The lowest BCUT2D eigenvalue weighted by Gasteiger charge is -2.37. The van der Waals surface area contributed by atoms with Crippen molar-refractivity contribution < 1.29 is 14.3 Å². The van der Waals surface area contributed by atoms with Crippen LogP contribution in [0.1, 0.15) is 44.6 Å². The van der Waals surface area contributed by atoms with E-state index in [1.54, 1.807) is 6.92 Å². The molecule has 7 heteroatoms. The Kier molecular flexibility index (Phi) is 7.64. The maximum absolute atomic E-state index is 13.0. The first-order valence-electron chi connectivity index (χ1n) is 11.1. The van der Waals surface area contributed by atoms with Crippen LogP contribution in [0.2, 0.25) is 0 Å². The molecule has 166 valence electrons. The molecule has 0 aromatic heterocycles. The molecule has 1 saturated carbocycles. The van der Waals surface area contributed by atoms with Crippen LogP contribution in [0.15, 0.2) is 24.3 Å². The van der Waals surface area contributed by atoms with Gasteiger partial charge in [0.15, 0.2) is 6.10 Å². The van der Waals surface area contributed by atoms with Gasteiger partial charge in [0.2, 0.25) is 5.91 Å². The Morgan fingerprint density at radius 1 is 1.07 bits per heavy atom. The fourth-order valence-corrected chi connectivity index (χ4v) is 5.06. The van der Waals surface area contributed by atoms with Crippen LogP contribution in [0.3, 0.4) is 0 Å². The van der Waals surface area contributed by atoms with Crippen LogP contribution in [-0.2, 0) is 9.59 Å². The Labute approximate surface area is 185 Å². The fourth-order valence-electron chi connectivity index (χ4n) is 5.06. The lowest BCUT2D eigenvalue weighted by atomic mass is 9.85. The third kappa shape index (κ3) is 4.92. The summed E-state index contributed by atoms with van der Waals surface area (Å²) in [5.74, 6) is 1.62. The van der Waals surface area contributed by atoms with Gasteiger partial charge in [0.05, 0.1) is 6.04 Å². The molecule has 6 nitrogen and oxygen atoms in total. The maximum atomic E-state index is 13.0. The van der Waals surface area contributed by atoms with E-state index in [9.17, 15) is 9.59 Å². The van der Waals surface area contributed by atoms with Crippen LogP contribution in [0, 0.1) is 12.8 Å². The molecule has 0 radical (unpaired) electrons. The van der Waals surface area contributed by atoms with Crippen LogP contribution < -0.4 is 10.1 Å². The van der Waals surface area contributed by atoms with E-state index in [4.69, 9.17) is 4.74 Å². The van der Waals surface area contributed by atoms with Crippen molar-refractivity contribution in [2.75, 3.05) is 26.2 Å². The van der Waals surface area contributed by atoms with E-state index in [0.717, 1.165) is 17.7 Å². The second-order valence-electron chi connectivity index (χ2n) is 8.78. The van der Waals surface area contributed by atoms with Gasteiger partial charge in [-0.3, -0.25) is 9.59 Å². The van der Waals surface area contributed by atoms with Gasteiger partial charge in [0.1, 0.15) is 5.75 Å². The largest absolute Gasteiger partial charge is 0.481 e. The summed E-state index contributed by atoms with van der Waals surface area (Å²) >= 11 is 0. The highest BCUT2D eigenvalue weighted by Crippen LogP contribution is 2.33. The lowest BCUT2D eigenvalue weighted by molar-refractivity contribution is -0.144. The zero-order valence-corrected chi connectivity index (χ0v) is 18.8. The van der Waals surface area contributed by atoms with Crippen molar-refractivity contribution >= 4 is 24.2 Å². The van der Waals surface area contributed by atoms with Crippen molar-refractivity contribution in [3.8, 4) is 5.75 Å². The number of para-hydroxylation sites is 1. The molecule has 2 heterocycles. The van der Waals surface area contributed by atoms with E-state index in [-0.39, 0.29) is 30.3 Å². The van der Waals surface area contributed by atoms with Crippen LogP contribution >= 0.6 is 12.4 Å². The zero-order chi connectivity index (χ0) is 20.4. The first-order chi connectivity index (χ1) is 14.0. The fraction of sp³-hybridized carbons (Fsp3) is 0.652. The van der Waals surface area contributed by atoms with Crippen molar-refractivity contribution in [3.05, 3.63) is 29.8 Å². The minimum atomic E-state index is -0.530. The summed E-state index contributed by atoms with van der Waals surface area (Å²) in [6, 6.07) is 8.23. The van der Waals surface area contributed by atoms with Crippen LogP contribution in [-0.4, -0.2) is 66.0 Å². The number of hydrogen-bond donors (Lipinski definition) is 1. The summed E-state index contributed by atoms with van der Waals surface area (Å²) in [4.78, 5) is 29.5. The average Bonchev–Trinajstić information content (AvgIpc) is 3.18. The number of piperazine rings is 1. The predicted molar refractivity (Wildman–Crippen MR) is 119 cm³/mol. The highest BCUT2D eigenvalue weighted by Gasteiger charge is 2.40. The molecule has 1 aromatic rings. The van der Waals surface area contributed by atoms with Gasteiger partial charge in [-0.05, 0) is 50.7 Å². The predicted octanol–water partition coefficient (Wildman–Crippen LogP) is 2.78. The third-order valence-electron chi connectivity index (χ3n) is 6.81. The number of rotatable bonds is 4. The molecule has 30 heavy (non-hydrogen) atoms. The van der Waals surface area contributed by atoms with Crippen molar-refractivity contribution in [1.29, 1.82) is 0 Å². The molecule has 1 aliphatic carbocycles. The van der Waals surface area contributed by atoms with Gasteiger partial charge in [-0.1, -0.05) is 31.0 Å². The summed E-state index contributed by atoms with van der Waals surface area (Å²) in [6.45, 7) is 6.14. The maximum Gasteiger partial charge on any atom is 0.263 e. The summed E-state index contributed by atoms with van der Waals surface area (Å²) < 4.78 is 5.89. The van der Waals surface area contributed by atoms with Crippen LogP contribution in [0.25, 0.3) is 0 Å². The quantitative estimate of drug-likeness (QED) is 0.789. The van der Waals surface area contributed by atoms with Gasteiger partial charge in [-0.25, -0.2) is 0 Å². The molecule has 2 saturated heterocycles. The van der Waals surface area contributed by atoms with Gasteiger partial charge >= 0.3 is 0 Å². The molecule has 3 fully saturated rings. The van der Waals surface area contributed by atoms with Crippen molar-refractivity contribution in [3.63, 3.8) is 0 Å². The number of nitrogens with zero attached hydrogens (tertiary/aromatic N) is 2. The molecule has 4 rings (SSSR count). The van der Waals surface area contributed by atoms with E-state index in [1.807, 2.05) is 41.0 Å². The van der Waals surface area contributed by atoms with Gasteiger partial charge in [-0.2, -0.15) is 0 Å². The molecule has 1 N–H and O–H groups in total. The number of ether oxygens (including phenoxy) is 1. The second-order valence-corrected chi connectivity index (χ2v) is 8.78. The van der Waals surface area contributed by atoms with E-state index < -0.39 is 6.10 Å². The molecule has 2 amide bonds. The van der Waals surface area contributed by atoms with Gasteiger partial charge in [0, 0.05) is 32.2 Å². The average molecular weight is 436 g/mol. The minimum Gasteiger partial charge on any atom is -0.481 e. The number of amides is 2. The van der Waals surface area contributed by atoms with E-state index in [1.165, 1.54) is 25.7 Å². The van der Waals surface area contributed by atoms with Gasteiger partial charge in [-0.15, -0.1) is 12.4 Å². The number of carbonyl (C=O) groups excluding carboxylic acids is 2. The smallest absolute Gasteiger partial charge is 0.263 e. The van der Waals surface area contributed by atoms with E-state index in [0.29, 0.717) is 38.1 Å². The molecule has 2 aliphatic heterocycles. The Morgan fingerprint density at radius 3 is 2.43 bits per heavy atom. The Balaban J connectivity index is 0.00000256. The van der Waals surface area contributed by atoms with Crippen LogP contribution in [0.5, 0.6) is 5.75 Å². The number of carbonyl (C=O) groups is 2. The third-order valence-corrected chi connectivity index (χ3v) is 6.81. The highest BCUT2D eigenvalue weighted by molar-refractivity contribution is 5.85. The summed E-state index contributed by atoms with van der Waals surface area (Å²) in [5.41, 5.74) is 1.02. The minimum absolute atomic E-state index is 0. The summed E-state index contributed by atoms with van der Waals surface area (Å²) in [5, 5.41) is 3.58. The lowest BCUT2D eigenvalue weighted by Crippen LogP contribution is -2.56. The number of nitrogens with one attached hydrogen (secondary N) is 1. The van der Waals surface area contributed by atoms with Gasteiger partial charge < -0.3 is 19.9 Å². The number of fused-ring (bicyclic) bond motifs is 1. The Hall–Kier alpha value is -1.79. The van der Waals surface area contributed by atoms with Crippen molar-refractivity contribution in [2.24, 2.45) is 5.92 Å². The number of hydrogen-bond acceptors (Lipinski definition) is 4. The van der Waals surface area contributed by atoms with Crippen molar-refractivity contribution in [1.82, 2.24) is 15.1 Å². The monoisotopic (exact) mass is 435 g/mol. The molecule has 0 spiro atoms. The molecule has 4 unspecified atom stereocenters. The summed E-state index contributed by atoms with van der Waals surface area (Å²) in [7, 11) is 0. The van der Waals surface area contributed by atoms with E-state index >= 15 is 0 Å². The van der Waals surface area contributed by atoms with Crippen LogP contribution in [0.4, 0.5) is 0 Å². The molecular weight excluding hydrogens is 402 g/mol. The molecule has 0 bridgehead atoms. The molecular formula is C23H34ClN3O3. The molecule has 4 atom stereocenters. The molecule has 3 aliphatic rings. The number of halogens is 1. The zero-order valence-electron chi connectivity index (χ0n) is 18.0. The Morgan fingerprint density at radius 2 is 1.73 bits per heavy atom. The Bertz CT molecular complexity index is 737. The highest BCUT2D eigenvalue weighted by atomic mass is 35.5. The number of aryl methyl sites for hydroxylation is 1. The second kappa shape index (κ2) is 10.0. The number of benzene rings is 1. The summed E-state index contributed by atoms with van der Waals surface area (Å²) in [6.07, 6.45) is 5.48. The van der Waals surface area contributed by atoms with Gasteiger partial charge in [0.25, 0.3) is 5.91 Å². The normalized spacial score (nSPS) is 27.1. The van der Waals surface area contributed by atoms with E-state index in [2.05, 4.69) is 5.32 Å². The first-order valence-corrected chi connectivity index (χ1v) is 11.1.